The van der Waals surface area contributed by atoms with Crippen molar-refractivity contribution in [2.45, 2.75) is 6.92 Å². The lowest BCUT2D eigenvalue weighted by atomic mass is 10.2. The first-order valence-corrected chi connectivity index (χ1v) is 7.16. The highest BCUT2D eigenvalue weighted by Crippen LogP contribution is 2.31. The zero-order valence-electron chi connectivity index (χ0n) is 12.1. The van der Waals surface area contributed by atoms with Crippen LogP contribution in [0.5, 0.6) is 5.88 Å². The Kier molecular flexibility index (Phi) is 3.00. The van der Waals surface area contributed by atoms with Crippen molar-refractivity contribution in [1.82, 2.24) is 15.0 Å². The molecule has 1 aliphatic heterocycles. The average Bonchev–Trinajstić information content (AvgIpc) is 2.53. The number of rotatable bonds is 2. The van der Waals surface area contributed by atoms with Gasteiger partial charge in [-0.05, 0) is 30.7 Å². The summed E-state index contributed by atoms with van der Waals surface area (Å²) in [5.41, 5.74) is 4.51. The summed E-state index contributed by atoms with van der Waals surface area (Å²) in [6.07, 6.45) is 1.54. The Morgan fingerprint density at radius 1 is 1.23 bits per heavy atom. The van der Waals surface area contributed by atoms with E-state index in [4.69, 9.17) is 4.74 Å². The Balaban J connectivity index is 1.80. The van der Waals surface area contributed by atoms with Gasteiger partial charge in [-0.2, -0.15) is 0 Å². The molecule has 0 atom stereocenters. The van der Waals surface area contributed by atoms with Gasteiger partial charge in [0.2, 0.25) is 5.88 Å². The Hall–Kier alpha value is -2.89. The molecule has 0 saturated carbocycles. The molecule has 3 aromatic rings. The van der Waals surface area contributed by atoms with Crippen molar-refractivity contribution in [1.29, 1.82) is 0 Å². The maximum atomic E-state index is 5.60. The number of aryl methyl sites for hydroxylation is 1. The molecule has 0 saturated heterocycles. The van der Waals surface area contributed by atoms with Gasteiger partial charge in [0.1, 0.15) is 18.5 Å². The molecule has 0 radical (unpaired) electrons. The predicted octanol–water partition coefficient (Wildman–Crippen LogP) is 2.88. The summed E-state index contributed by atoms with van der Waals surface area (Å²) in [6.45, 7) is 3.44. The summed E-state index contributed by atoms with van der Waals surface area (Å²) in [6, 6.07) is 10.1. The summed E-state index contributed by atoms with van der Waals surface area (Å²) in [4.78, 5) is 13.2. The van der Waals surface area contributed by atoms with E-state index < -0.39 is 0 Å². The summed E-state index contributed by atoms with van der Waals surface area (Å²) in [5.74, 6) is 1.27. The van der Waals surface area contributed by atoms with Crippen molar-refractivity contribution in [3.8, 4) is 5.88 Å². The Labute approximate surface area is 127 Å². The van der Waals surface area contributed by atoms with Gasteiger partial charge in [0, 0.05) is 12.2 Å². The first kappa shape index (κ1) is 12.8. The lowest BCUT2D eigenvalue weighted by Crippen LogP contribution is -2.19. The van der Waals surface area contributed by atoms with E-state index in [9.17, 15) is 0 Å². The largest absolute Gasteiger partial charge is 0.474 e. The van der Waals surface area contributed by atoms with Gasteiger partial charge >= 0.3 is 0 Å². The van der Waals surface area contributed by atoms with Gasteiger partial charge in [0.05, 0.1) is 11.2 Å². The van der Waals surface area contributed by atoms with Crippen LogP contribution < -0.4 is 15.4 Å². The van der Waals surface area contributed by atoms with Gasteiger partial charge in [0.25, 0.3) is 0 Å². The van der Waals surface area contributed by atoms with Crippen LogP contribution in [0.3, 0.4) is 0 Å². The van der Waals surface area contributed by atoms with Crippen molar-refractivity contribution < 1.29 is 4.74 Å². The molecule has 0 unspecified atom stereocenters. The van der Waals surface area contributed by atoms with E-state index in [0.29, 0.717) is 23.8 Å². The SMILES string of the molecule is Cc1cccc(Nc2ncnc3cc4c(nc23)OCCN4)c1. The number of hydrogen-bond donors (Lipinski definition) is 2. The fraction of sp³-hybridized carbons (Fsp3) is 0.188. The molecule has 4 rings (SSSR count). The summed E-state index contributed by atoms with van der Waals surface area (Å²) in [5, 5.41) is 6.57. The van der Waals surface area contributed by atoms with Crippen LogP contribution in [-0.2, 0) is 0 Å². The molecule has 110 valence electrons. The van der Waals surface area contributed by atoms with Gasteiger partial charge in [-0.25, -0.2) is 15.0 Å². The smallest absolute Gasteiger partial charge is 0.238 e. The van der Waals surface area contributed by atoms with E-state index in [2.05, 4.69) is 44.6 Å². The van der Waals surface area contributed by atoms with Crippen molar-refractivity contribution in [3.05, 3.63) is 42.2 Å². The van der Waals surface area contributed by atoms with E-state index >= 15 is 0 Å². The molecule has 0 fully saturated rings. The Morgan fingerprint density at radius 2 is 2.18 bits per heavy atom. The van der Waals surface area contributed by atoms with E-state index in [-0.39, 0.29) is 0 Å². The molecule has 0 spiro atoms. The van der Waals surface area contributed by atoms with Crippen LogP contribution in [0.2, 0.25) is 0 Å². The van der Waals surface area contributed by atoms with Gasteiger partial charge in [0.15, 0.2) is 5.82 Å². The van der Waals surface area contributed by atoms with E-state index in [0.717, 1.165) is 23.4 Å². The molecule has 0 amide bonds. The number of fused-ring (bicyclic) bond motifs is 2. The topological polar surface area (TPSA) is 72.0 Å². The summed E-state index contributed by atoms with van der Waals surface area (Å²) >= 11 is 0. The average molecular weight is 293 g/mol. The lowest BCUT2D eigenvalue weighted by molar-refractivity contribution is 0.311. The van der Waals surface area contributed by atoms with Crippen LogP contribution in [-0.4, -0.2) is 28.1 Å². The van der Waals surface area contributed by atoms with Crippen molar-refractivity contribution >= 4 is 28.2 Å². The molecule has 6 heteroatoms. The maximum Gasteiger partial charge on any atom is 0.238 e. The predicted molar refractivity (Wildman–Crippen MR) is 85.8 cm³/mol. The summed E-state index contributed by atoms with van der Waals surface area (Å²) < 4.78 is 5.60. The number of anilines is 3. The van der Waals surface area contributed by atoms with Gasteiger partial charge in [-0.1, -0.05) is 12.1 Å². The molecule has 2 aromatic heterocycles. The molecule has 0 bridgehead atoms. The van der Waals surface area contributed by atoms with Crippen LogP contribution in [0.15, 0.2) is 36.7 Å². The van der Waals surface area contributed by atoms with E-state index in [1.54, 1.807) is 0 Å². The number of benzene rings is 1. The maximum absolute atomic E-state index is 5.60. The highest BCUT2D eigenvalue weighted by Gasteiger charge is 2.15. The minimum absolute atomic E-state index is 0.598. The number of aromatic nitrogens is 3. The van der Waals surface area contributed by atoms with Crippen LogP contribution in [0, 0.1) is 6.92 Å². The van der Waals surface area contributed by atoms with E-state index in [1.165, 1.54) is 11.9 Å². The second-order valence-electron chi connectivity index (χ2n) is 5.20. The van der Waals surface area contributed by atoms with Crippen molar-refractivity contribution in [2.24, 2.45) is 0 Å². The van der Waals surface area contributed by atoms with Gasteiger partial charge < -0.3 is 15.4 Å². The number of pyridine rings is 1. The molecule has 2 N–H and O–H groups in total. The van der Waals surface area contributed by atoms with Crippen molar-refractivity contribution in [2.75, 3.05) is 23.8 Å². The molecule has 1 aliphatic rings. The fourth-order valence-electron chi connectivity index (χ4n) is 2.49. The van der Waals surface area contributed by atoms with E-state index in [1.807, 2.05) is 18.2 Å². The standard InChI is InChI=1S/C16H15N5O/c1-10-3-2-4-11(7-10)20-15-14-12(18-9-19-15)8-13-16(21-14)22-6-5-17-13/h2-4,7-9,17H,5-6H2,1H3,(H,18,19,20). The highest BCUT2D eigenvalue weighted by molar-refractivity contribution is 5.90. The first-order chi connectivity index (χ1) is 10.8. The van der Waals surface area contributed by atoms with Crippen LogP contribution in [0.1, 0.15) is 5.56 Å². The molecule has 0 aliphatic carbocycles. The second kappa shape index (κ2) is 5.14. The second-order valence-corrected chi connectivity index (χ2v) is 5.20. The Morgan fingerprint density at radius 3 is 3.09 bits per heavy atom. The molecule has 1 aromatic carbocycles. The third-order valence-electron chi connectivity index (χ3n) is 3.51. The normalized spacial score (nSPS) is 13.1. The molecular weight excluding hydrogens is 278 g/mol. The first-order valence-electron chi connectivity index (χ1n) is 7.16. The lowest BCUT2D eigenvalue weighted by Gasteiger charge is -2.18. The molecule has 6 nitrogen and oxygen atoms in total. The van der Waals surface area contributed by atoms with Crippen LogP contribution in [0.4, 0.5) is 17.2 Å². The number of nitrogens with zero attached hydrogens (tertiary/aromatic N) is 3. The number of ether oxygens (including phenoxy) is 1. The number of nitrogens with one attached hydrogen (secondary N) is 2. The van der Waals surface area contributed by atoms with Gasteiger partial charge in [-0.15, -0.1) is 0 Å². The third-order valence-corrected chi connectivity index (χ3v) is 3.51. The highest BCUT2D eigenvalue weighted by atomic mass is 16.5. The number of hydrogen-bond acceptors (Lipinski definition) is 6. The quantitative estimate of drug-likeness (QED) is 0.757. The van der Waals surface area contributed by atoms with Crippen molar-refractivity contribution in [3.63, 3.8) is 0 Å². The molecule has 22 heavy (non-hydrogen) atoms. The zero-order valence-corrected chi connectivity index (χ0v) is 12.1. The monoisotopic (exact) mass is 293 g/mol. The third kappa shape index (κ3) is 2.28. The molecule has 3 heterocycles. The zero-order chi connectivity index (χ0) is 14.9. The van der Waals surface area contributed by atoms with Gasteiger partial charge in [-0.3, -0.25) is 0 Å². The minimum Gasteiger partial charge on any atom is -0.474 e. The minimum atomic E-state index is 0.598. The molecular formula is C16H15N5O. The van der Waals surface area contributed by atoms with Crippen LogP contribution in [0.25, 0.3) is 11.0 Å². The summed E-state index contributed by atoms with van der Waals surface area (Å²) in [7, 11) is 0. The van der Waals surface area contributed by atoms with Crippen LogP contribution >= 0.6 is 0 Å². The Bertz CT molecular complexity index is 849. The fourth-order valence-corrected chi connectivity index (χ4v) is 2.49.